The van der Waals surface area contributed by atoms with E-state index < -0.39 is 5.91 Å². The second-order valence-electron chi connectivity index (χ2n) is 5.87. The van der Waals surface area contributed by atoms with Gasteiger partial charge in [-0.05, 0) is 35.0 Å². The van der Waals surface area contributed by atoms with E-state index in [0.717, 1.165) is 10.8 Å². The SMILES string of the molecule is COc1cc(C=NNC(=O)c2cc3ccccc3cc2O)cc2c1OCO2. The fraction of sp³-hybridized carbons (Fsp3) is 0.100. The molecule has 136 valence electrons. The Bertz CT molecular complexity index is 1060. The predicted molar refractivity (Wildman–Crippen MR) is 99.8 cm³/mol. The largest absolute Gasteiger partial charge is 0.507 e. The summed E-state index contributed by atoms with van der Waals surface area (Å²) >= 11 is 0. The maximum absolute atomic E-state index is 12.4. The molecule has 2 N–H and O–H groups in total. The highest BCUT2D eigenvalue weighted by molar-refractivity contribution is 6.01. The lowest BCUT2D eigenvalue weighted by Gasteiger charge is -2.06. The fourth-order valence-electron chi connectivity index (χ4n) is 2.86. The van der Waals surface area contributed by atoms with Crippen molar-refractivity contribution >= 4 is 22.9 Å². The Morgan fingerprint density at radius 3 is 2.74 bits per heavy atom. The number of carbonyl (C=O) groups is 1. The van der Waals surface area contributed by atoms with Crippen LogP contribution in [0.5, 0.6) is 23.0 Å². The molecule has 0 atom stereocenters. The molecular weight excluding hydrogens is 348 g/mol. The second-order valence-corrected chi connectivity index (χ2v) is 5.87. The quantitative estimate of drug-likeness (QED) is 0.549. The van der Waals surface area contributed by atoms with Gasteiger partial charge in [0.15, 0.2) is 11.5 Å². The van der Waals surface area contributed by atoms with Gasteiger partial charge in [0.25, 0.3) is 5.91 Å². The Kier molecular flexibility index (Phi) is 4.25. The van der Waals surface area contributed by atoms with Gasteiger partial charge in [-0.3, -0.25) is 4.79 Å². The number of aromatic hydroxyl groups is 1. The van der Waals surface area contributed by atoms with Crippen molar-refractivity contribution in [2.75, 3.05) is 13.9 Å². The Labute approximate surface area is 154 Å². The number of fused-ring (bicyclic) bond motifs is 2. The third-order valence-electron chi connectivity index (χ3n) is 4.17. The van der Waals surface area contributed by atoms with Crippen LogP contribution in [0.2, 0.25) is 0 Å². The highest BCUT2D eigenvalue weighted by atomic mass is 16.7. The standard InChI is InChI=1S/C20H16N2O5/c1-25-17-6-12(7-18-19(17)27-11-26-18)10-21-22-20(24)15-8-13-4-2-3-5-14(13)9-16(15)23/h2-10,23H,11H2,1H3,(H,22,24). The van der Waals surface area contributed by atoms with Gasteiger partial charge in [0, 0.05) is 5.56 Å². The second kappa shape index (κ2) is 6.87. The molecule has 0 radical (unpaired) electrons. The summed E-state index contributed by atoms with van der Waals surface area (Å²) in [6.45, 7) is 0.129. The molecule has 0 unspecified atom stereocenters. The van der Waals surface area contributed by atoms with Gasteiger partial charge < -0.3 is 19.3 Å². The van der Waals surface area contributed by atoms with E-state index in [0.29, 0.717) is 22.8 Å². The van der Waals surface area contributed by atoms with Crippen molar-refractivity contribution in [1.82, 2.24) is 5.43 Å². The third-order valence-corrected chi connectivity index (χ3v) is 4.17. The minimum absolute atomic E-state index is 0.105. The molecule has 0 spiro atoms. The number of benzene rings is 3. The van der Waals surface area contributed by atoms with Crippen LogP contribution >= 0.6 is 0 Å². The van der Waals surface area contributed by atoms with Crippen LogP contribution < -0.4 is 19.6 Å². The molecular formula is C20H16N2O5. The maximum atomic E-state index is 12.4. The fourth-order valence-corrected chi connectivity index (χ4v) is 2.86. The number of ether oxygens (including phenoxy) is 3. The average Bonchev–Trinajstić information content (AvgIpc) is 3.15. The number of hydrogen-bond acceptors (Lipinski definition) is 6. The summed E-state index contributed by atoms with van der Waals surface area (Å²) in [4.78, 5) is 12.4. The minimum atomic E-state index is -0.512. The van der Waals surface area contributed by atoms with Gasteiger partial charge >= 0.3 is 0 Å². The highest BCUT2D eigenvalue weighted by Gasteiger charge is 2.19. The van der Waals surface area contributed by atoms with E-state index >= 15 is 0 Å². The number of hydrogen-bond donors (Lipinski definition) is 2. The van der Waals surface area contributed by atoms with Crippen LogP contribution in [0.3, 0.4) is 0 Å². The van der Waals surface area contributed by atoms with Gasteiger partial charge in [-0.25, -0.2) is 5.43 Å². The van der Waals surface area contributed by atoms with E-state index in [4.69, 9.17) is 14.2 Å². The molecule has 0 bridgehead atoms. The molecule has 1 heterocycles. The van der Waals surface area contributed by atoms with Gasteiger partial charge in [-0.1, -0.05) is 24.3 Å². The van der Waals surface area contributed by atoms with Gasteiger partial charge in [0.1, 0.15) is 5.75 Å². The van der Waals surface area contributed by atoms with Crippen molar-refractivity contribution in [3.63, 3.8) is 0 Å². The summed E-state index contributed by atoms with van der Waals surface area (Å²) < 4.78 is 15.9. The first-order valence-electron chi connectivity index (χ1n) is 8.18. The normalized spacial score (nSPS) is 12.5. The number of hydrazone groups is 1. The lowest BCUT2D eigenvalue weighted by molar-refractivity contribution is 0.0952. The van der Waals surface area contributed by atoms with Crippen LogP contribution in [0.1, 0.15) is 15.9 Å². The van der Waals surface area contributed by atoms with Gasteiger partial charge in [0.05, 0.1) is 18.9 Å². The Hall–Kier alpha value is -3.74. The monoisotopic (exact) mass is 364 g/mol. The van der Waals surface area contributed by atoms with Crippen molar-refractivity contribution in [2.24, 2.45) is 5.10 Å². The molecule has 0 saturated heterocycles. The molecule has 1 amide bonds. The topological polar surface area (TPSA) is 89.4 Å². The number of nitrogens with one attached hydrogen (secondary N) is 1. The Morgan fingerprint density at radius 2 is 1.96 bits per heavy atom. The van der Waals surface area contributed by atoms with Crippen LogP contribution in [-0.4, -0.2) is 31.1 Å². The molecule has 1 aliphatic heterocycles. The van der Waals surface area contributed by atoms with Gasteiger partial charge in [0.2, 0.25) is 12.5 Å². The van der Waals surface area contributed by atoms with E-state index in [9.17, 15) is 9.90 Å². The first-order valence-corrected chi connectivity index (χ1v) is 8.18. The summed E-state index contributed by atoms with van der Waals surface area (Å²) in [6, 6.07) is 14.1. The summed E-state index contributed by atoms with van der Waals surface area (Å²) in [5.74, 6) is 0.993. The number of carbonyl (C=O) groups excluding carboxylic acids is 1. The number of nitrogens with zero attached hydrogens (tertiary/aromatic N) is 1. The molecule has 3 aromatic rings. The number of phenolic OH excluding ortho intramolecular Hbond substituents is 1. The van der Waals surface area contributed by atoms with Crippen molar-refractivity contribution < 1.29 is 24.1 Å². The van der Waals surface area contributed by atoms with Crippen LogP contribution in [0, 0.1) is 0 Å². The highest BCUT2D eigenvalue weighted by Crippen LogP contribution is 2.41. The lowest BCUT2D eigenvalue weighted by Crippen LogP contribution is -2.17. The van der Waals surface area contributed by atoms with E-state index in [1.165, 1.54) is 13.3 Å². The zero-order valence-corrected chi connectivity index (χ0v) is 14.4. The molecule has 4 rings (SSSR count). The zero-order chi connectivity index (χ0) is 18.8. The number of rotatable bonds is 4. The third kappa shape index (κ3) is 3.22. The number of phenols is 1. The average molecular weight is 364 g/mol. The summed E-state index contributed by atoms with van der Waals surface area (Å²) in [6.07, 6.45) is 1.46. The summed E-state index contributed by atoms with van der Waals surface area (Å²) in [5, 5.41) is 15.8. The van der Waals surface area contributed by atoms with Gasteiger partial charge in [-0.15, -0.1) is 0 Å². The molecule has 0 fully saturated rings. The van der Waals surface area contributed by atoms with Crippen molar-refractivity contribution in [1.29, 1.82) is 0 Å². The summed E-state index contributed by atoms with van der Waals surface area (Å²) in [7, 11) is 1.53. The van der Waals surface area contributed by atoms with E-state index in [2.05, 4.69) is 10.5 Å². The smallest absolute Gasteiger partial charge is 0.275 e. The van der Waals surface area contributed by atoms with E-state index in [1.807, 2.05) is 24.3 Å². The molecule has 7 nitrogen and oxygen atoms in total. The van der Waals surface area contributed by atoms with Crippen LogP contribution in [0.25, 0.3) is 10.8 Å². The van der Waals surface area contributed by atoms with Gasteiger partial charge in [-0.2, -0.15) is 5.10 Å². The Balaban J connectivity index is 1.54. The molecule has 0 aromatic heterocycles. The number of amides is 1. The first kappa shape index (κ1) is 16.7. The van der Waals surface area contributed by atoms with Crippen LogP contribution in [0.15, 0.2) is 53.6 Å². The maximum Gasteiger partial charge on any atom is 0.275 e. The molecule has 7 heteroatoms. The van der Waals surface area contributed by atoms with E-state index in [-0.39, 0.29) is 18.1 Å². The van der Waals surface area contributed by atoms with Crippen LogP contribution in [-0.2, 0) is 0 Å². The number of methoxy groups -OCH3 is 1. The molecule has 27 heavy (non-hydrogen) atoms. The molecule has 1 aliphatic rings. The Morgan fingerprint density at radius 1 is 1.19 bits per heavy atom. The molecule has 0 aliphatic carbocycles. The van der Waals surface area contributed by atoms with Crippen molar-refractivity contribution in [3.05, 3.63) is 59.7 Å². The van der Waals surface area contributed by atoms with Crippen molar-refractivity contribution in [2.45, 2.75) is 0 Å². The van der Waals surface area contributed by atoms with Crippen molar-refractivity contribution in [3.8, 4) is 23.0 Å². The van der Waals surface area contributed by atoms with Crippen LogP contribution in [0.4, 0.5) is 0 Å². The van der Waals surface area contributed by atoms with E-state index in [1.54, 1.807) is 24.3 Å². The lowest BCUT2D eigenvalue weighted by atomic mass is 10.1. The first-order chi connectivity index (χ1) is 13.2. The minimum Gasteiger partial charge on any atom is -0.507 e. The molecule has 3 aromatic carbocycles. The zero-order valence-electron chi connectivity index (χ0n) is 14.4. The summed E-state index contributed by atoms with van der Waals surface area (Å²) in [5.41, 5.74) is 3.23. The molecule has 0 saturated carbocycles. The predicted octanol–water partition coefficient (Wildman–Crippen LogP) is 3.05.